The Morgan fingerprint density at radius 3 is 2.71 bits per heavy atom. The van der Waals surface area contributed by atoms with Gasteiger partial charge in [0, 0.05) is 17.1 Å². The fourth-order valence-corrected chi connectivity index (χ4v) is 2.53. The van der Waals surface area contributed by atoms with Crippen molar-refractivity contribution in [3.8, 4) is 5.75 Å². The van der Waals surface area contributed by atoms with Crippen molar-refractivity contribution in [2.24, 2.45) is 5.10 Å². The van der Waals surface area contributed by atoms with E-state index in [2.05, 4.69) is 26.5 Å². The number of ether oxygens (including phenoxy) is 2. The Bertz CT molecular complexity index is 705. The van der Waals surface area contributed by atoms with Crippen LogP contribution in [0.3, 0.4) is 0 Å². The molecule has 0 unspecified atom stereocenters. The van der Waals surface area contributed by atoms with E-state index in [4.69, 9.17) is 9.47 Å². The summed E-state index contributed by atoms with van der Waals surface area (Å²) < 4.78 is 11.7. The van der Waals surface area contributed by atoms with Gasteiger partial charge >= 0.3 is 0 Å². The highest BCUT2D eigenvalue weighted by Crippen LogP contribution is 2.22. The van der Waals surface area contributed by atoms with E-state index in [9.17, 15) is 4.79 Å². The minimum Gasteiger partial charge on any atom is -0.493 e. The zero-order chi connectivity index (χ0) is 17.4. The average Bonchev–Trinajstić information content (AvgIpc) is 2.59. The number of nitrogens with zero attached hydrogens (tertiary/aromatic N) is 1. The quantitative estimate of drug-likeness (QED) is 0.579. The minimum absolute atomic E-state index is 0.340. The third-order valence-corrected chi connectivity index (χ3v) is 3.72. The molecule has 0 aromatic heterocycles. The first-order valence-electron chi connectivity index (χ1n) is 7.48. The van der Waals surface area contributed by atoms with E-state index in [1.54, 1.807) is 6.21 Å². The summed E-state index contributed by atoms with van der Waals surface area (Å²) in [6.07, 6.45) is 0.836. The molecule has 1 atom stereocenters. The fraction of sp³-hybridized carbons (Fsp3) is 0.222. The molecule has 0 aliphatic carbocycles. The molecule has 1 N–H and O–H groups in total. The Labute approximate surface area is 149 Å². The number of halogens is 1. The number of hydrazone groups is 1. The van der Waals surface area contributed by atoms with Gasteiger partial charge in [-0.3, -0.25) is 4.79 Å². The van der Waals surface area contributed by atoms with Crippen LogP contribution < -0.4 is 10.2 Å². The Kier molecular flexibility index (Phi) is 6.96. The molecule has 0 heterocycles. The molecule has 6 heteroatoms. The van der Waals surface area contributed by atoms with E-state index in [0.29, 0.717) is 12.4 Å². The summed E-state index contributed by atoms with van der Waals surface area (Å²) in [5, 5.41) is 4.01. The normalized spacial score (nSPS) is 12.1. The Balaban J connectivity index is 2.08. The number of methoxy groups -OCH3 is 1. The summed E-state index contributed by atoms with van der Waals surface area (Å²) in [4.78, 5) is 12.3. The summed E-state index contributed by atoms with van der Waals surface area (Å²) in [5.74, 6) is 0.359. The lowest BCUT2D eigenvalue weighted by molar-refractivity contribution is -0.131. The van der Waals surface area contributed by atoms with Crippen molar-refractivity contribution in [1.29, 1.82) is 0 Å². The van der Waals surface area contributed by atoms with E-state index in [0.717, 1.165) is 15.6 Å². The molecule has 0 saturated heterocycles. The van der Waals surface area contributed by atoms with Crippen molar-refractivity contribution in [2.75, 3.05) is 13.7 Å². The first kappa shape index (κ1) is 18.2. The zero-order valence-corrected chi connectivity index (χ0v) is 15.1. The molecule has 0 fully saturated rings. The number of benzene rings is 2. The van der Waals surface area contributed by atoms with Gasteiger partial charge < -0.3 is 9.47 Å². The lowest BCUT2D eigenvalue weighted by Gasteiger charge is -2.13. The first-order valence-corrected chi connectivity index (χ1v) is 8.28. The maximum Gasteiger partial charge on any atom is 0.273 e. The van der Waals surface area contributed by atoms with Gasteiger partial charge in [-0.15, -0.1) is 0 Å². The summed E-state index contributed by atoms with van der Waals surface area (Å²) in [5.41, 5.74) is 4.04. The fourth-order valence-electron chi connectivity index (χ4n) is 2.15. The summed E-state index contributed by atoms with van der Waals surface area (Å²) >= 11 is 3.41. The van der Waals surface area contributed by atoms with Crippen molar-refractivity contribution < 1.29 is 14.3 Å². The second-order valence-corrected chi connectivity index (χ2v) is 5.79. The van der Waals surface area contributed by atoms with Gasteiger partial charge in [0.15, 0.2) is 6.10 Å². The third-order valence-electron chi connectivity index (χ3n) is 3.23. The summed E-state index contributed by atoms with van der Waals surface area (Å²) in [6.45, 7) is 2.46. The van der Waals surface area contributed by atoms with Crippen LogP contribution >= 0.6 is 15.9 Å². The predicted octanol–water partition coefficient (Wildman–Crippen LogP) is 3.69. The Hall–Kier alpha value is -2.18. The number of rotatable bonds is 7. The average molecular weight is 391 g/mol. The van der Waals surface area contributed by atoms with Crippen molar-refractivity contribution in [2.45, 2.75) is 13.0 Å². The molecule has 2 aromatic rings. The number of amides is 1. The maximum atomic E-state index is 12.3. The highest BCUT2D eigenvalue weighted by molar-refractivity contribution is 9.10. The zero-order valence-electron chi connectivity index (χ0n) is 13.5. The second-order valence-electron chi connectivity index (χ2n) is 4.88. The van der Waals surface area contributed by atoms with Crippen LogP contribution in [0.5, 0.6) is 5.75 Å². The lowest BCUT2D eigenvalue weighted by Crippen LogP contribution is -2.26. The van der Waals surface area contributed by atoms with Gasteiger partial charge in [0.1, 0.15) is 5.75 Å². The summed E-state index contributed by atoms with van der Waals surface area (Å²) in [6, 6.07) is 14.9. The lowest BCUT2D eigenvalue weighted by atomic mass is 10.1. The van der Waals surface area contributed by atoms with Gasteiger partial charge in [0.05, 0.1) is 12.8 Å². The third kappa shape index (κ3) is 4.91. The molecule has 2 rings (SSSR count). The number of carbonyl (C=O) groups is 1. The Morgan fingerprint density at radius 1 is 1.29 bits per heavy atom. The number of nitrogens with one attached hydrogen (secondary N) is 1. The van der Waals surface area contributed by atoms with E-state index in [1.807, 2.05) is 55.5 Å². The molecule has 0 radical (unpaired) electrons. The van der Waals surface area contributed by atoms with E-state index < -0.39 is 6.10 Å². The smallest absolute Gasteiger partial charge is 0.273 e. The highest BCUT2D eigenvalue weighted by Gasteiger charge is 2.19. The molecule has 5 nitrogen and oxygen atoms in total. The van der Waals surface area contributed by atoms with Crippen molar-refractivity contribution >= 4 is 28.1 Å². The summed E-state index contributed by atoms with van der Waals surface area (Å²) in [7, 11) is 1.49. The topological polar surface area (TPSA) is 59.9 Å². The minimum atomic E-state index is -0.711. The molecule has 0 aliphatic rings. The van der Waals surface area contributed by atoms with Crippen LogP contribution in [0.25, 0.3) is 0 Å². The van der Waals surface area contributed by atoms with Gasteiger partial charge in [0.2, 0.25) is 0 Å². The largest absolute Gasteiger partial charge is 0.493 e. The SMILES string of the molecule is CCOc1ccc(Br)cc1C=NNC(=O)[C@@H](OC)c1ccccc1. The monoisotopic (exact) mass is 390 g/mol. The molecule has 0 saturated carbocycles. The maximum absolute atomic E-state index is 12.3. The molecule has 0 spiro atoms. The molecule has 0 bridgehead atoms. The standard InChI is InChI=1S/C18H19BrN2O3/c1-3-24-16-10-9-15(19)11-14(16)12-20-21-18(22)17(23-2)13-7-5-4-6-8-13/h4-12,17H,3H2,1-2H3,(H,21,22)/t17-/m0/s1. The van der Waals surface area contributed by atoms with Gasteiger partial charge in [-0.2, -0.15) is 5.10 Å². The van der Waals surface area contributed by atoms with Gasteiger partial charge in [0.25, 0.3) is 5.91 Å². The molecule has 1 amide bonds. The highest BCUT2D eigenvalue weighted by atomic mass is 79.9. The van der Waals surface area contributed by atoms with E-state index >= 15 is 0 Å². The molecular formula is C18H19BrN2O3. The van der Waals surface area contributed by atoms with Crippen LogP contribution in [-0.4, -0.2) is 25.8 Å². The van der Waals surface area contributed by atoms with Crippen molar-refractivity contribution in [3.05, 3.63) is 64.1 Å². The molecule has 126 valence electrons. The van der Waals surface area contributed by atoms with Crippen molar-refractivity contribution in [1.82, 2.24) is 5.43 Å². The Morgan fingerprint density at radius 2 is 2.04 bits per heavy atom. The second kappa shape index (κ2) is 9.20. The van der Waals surface area contributed by atoms with Gasteiger partial charge in [-0.05, 0) is 30.7 Å². The van der Waals surface area contributed by atoms with E-state index in [-0.39, 0.29) is 5.91 Å². The number of hydrogen-bond donors (Lipinski definition) is 1. The van der Waals surface area contributed by atoms with Crippen LogP contribution in [-0.2, 0) is 9.53 Å². The molecule has 2 aromatic carbocycles. The predicted molar refractivity (Wildman–Crippen MR) is 97.2 cm³/mol. The van der Waals surface area contributed by atoms with Crippen LogP contribution in [0.4, 0.5) is 0 Å². The molecule has 0 aliphatic heterocycles. The van der Waals surface area contributed by atoms with Gasteiger partial charge in [-0.25, -0.2) is 5.43 Å². The molecule has 24 heavy (non-hydrogen) atoms. The van der Waals surface area contributed by atoms with E-state index in [1.165, 1.54) is 7.11 Å². The van der Waals surface area contributed by atoms with Crippen LogP contribution in [0.1, 0.15) is 24.2 Å². The van der Waals surface area contributed by atoms with Crippen LogP contribution in [0, 0.1) is 0 Å². The van der Waals surface area contributed by atoms with Crippen LogP contribution in [0.15, 0.2) is 58.1 Å². The van der Waals surface area contributed by atoms with Crippen molar-refractivity contribution in [3.63, 3.8) is 0 Å². The number of hydrogen-bond acceptors (Lipinski definition) is 4. The molecular weight excluding hydrogens is 372 g/mol. The van der Waals surface area contributed by atoms with Gasteiger partial charge in [-0.1, -0.05) is 46.3 Å². The van der Waals surface area contributed by atoms with Crippen LogP contribution in [0.2, 0.25) is 0 Å². The number of carbonyl (C=O) groups excluding carboxylic acids is 1. The first-order chi connectivity index (χ1) is 11.7.